The van der Waals surface area contributed by atoms with E-state index in [4.69, 9.17) is 0 Å². The summed E-state index contributed by atoms with van der Waals surface area (Å²) in [6.07, 6.45) is 5.04. The number of aromatic nitrogens is 1. The van der Waals surface area contributed by atoms with E-state index < -0.39 is 0 Å². The van der Waals surface area contributed by atoms with Gasteiger partial charge in [0.2, 0.25) is 5.91 Å². The number of rotatable bonds is 6. The Morgan fingerprint density at radius 3 is 2.64 bits per heavy atom. The number of amides is 1. The smallest absolute Gasteiger partial charge is 0.247 e. The van der Waals surface area contributed by atoms with Gasteiger partial charge in [0, 0.05) is 31.6 Å². The van der Waals surface area contributed by atoms with E-state index in [1.165, 1.54) is 0 Å². The fourth-order valence-electron chi connectivity index (χ4n) is 2.16. The summed E-state index contributed by atoms with van der Waals surface area (Å²) in [5.74, 6) is -0.112. The minimum Gasteiger partial charge on any atom is -0.395 e. The van der Waals surface area contributed by atoms with Crippen LogP contribution in [0.5, 0.6) is 0 Å². The zero-order valence-electron chi connectivity index (χ0n) is 12.6. The molecule has 1 aromatic carbocycles. The van der Waals surface area contributed by atoms with Gasteiger partial charge >= 0.3 is 0 Å². The molecule has 4 heteroatoms. The van der Waals surface area contributed by atoms with Crippen molar-refractivity contribution in [1.82, 2.24) is 9.88 Å². The molecule has 0 atom stereocenters. The summed E-state index contributed by atoms with van der Waals surface area (Å²) in [4.78, 5) is 18.1. The molecule has 0 bridgehead atoms. The zero-order valence-corrected chi connectivity index (χ0v) is 12.6. The van der Waals surface area contributed by atoms with Crippen molar-refractivity contribution in [3.63, 3.8) is 0 Å². The first-order valence-corrected chi connectivity index (χ1v) is 7.23. The Morgan fingerprint density at radius 1 is 1.23 bits per heavy atom. The van der Waals surface area contributed by atoms with Gasteiger partial charge in [-0.1, -0.05) is 36.4 Å². The van der Waals surface area contributed by atoms with Crippen molar-refractivity contribution in [3.05, 3.63) is 72.1 Å². The highest BCUT2D eigenvalue weighted by Crippen LogP contribution is 2.14. The van der Waals surface area contributed by atoms with Gasteiger partial charge in [-0.05, 0) is 29.7 Å². The summed E-state index contributed by atoms with van der Waals surface area (Å²) in [5, 5.41) is 9.18. The average molecular weight is 296 g/mol. The highest BCUT2D eigenvalue weighted by atomic mass is 16.3. The second-order valence-corrected chi connectivity index (χ2v) is 5.04. The third-order valence-corrected chi connectivity index (χ3v) is 3.35. The molecule has 1 amide bonds. The maximum Gasteiger partial charge on any atom is 0.247 e. The van der Waals surface area contributed by atoms with Gasteiger partial charge < -0.3 is 10.0 Å². The van der Waals surface area contributed by atoms with Crippen LogP contribution in [-0.2, 0) is 11.3 Å². The summed E-state index contributed by atoms with van der Waals surface area (Å²) in [7, 11) is 0. The Kier molecular flexibility index (Phi) is 5.86. The number of hydrogen-bond acceptors (Lipinski definition) is 3. The first kappa shape index (κ1) is 15.9. The zero-order chi connectivity index (χ0) is 15.8. The molecule has 1 aromatic heterocycles. The number of carbonyl (C=O) groups is 1. The second kappa shape index (κ2) is 8.10. The van der Waals surface area contributed by atoms with Crippen molar-refractivity contribution in [1.29, 1.82) is 0 Å². The van der Waals surface area contributed by atoms with Crippen molar-refractivity contribution in [2.45, 2.75) is 13.5 Å². The highest BCUT2D eigenvalue weighted by molar-refractivity contribution is 5.94. The number of carbonyl (C=O) groups excluding carboxylic acids is 1. The molecule has 0 saturated carbocycles. The molecule has 0 spiro atoms. The number of nitrogens with zero attached hydrogens (tertiary/aromatic N) is 2. The van der Waals surface area contributed by atoms with Crippen LogP contribution in [0, 0.1) is 0 Å². The van der Waals surface area contributed by atoms with E-state index in [2.05, 4.69) is 4.98 Å². The average Bonchev–Trinajstić information content (AvgIpc) is 2.56. The first-order valence-electron chi connectivity index (χ1n) is 7.23. The second-order valence-electron chi connectivity index (χ2n) is 5.04. The molecule has 1 N–H and O–H groups in total. The van der Waals surface area contributed by atoms with E-state index in [-0.39, 0.29) is 12.5 Å². The van der Waals surface area contributed by atoms with Crippen LogP contribution >= 0.6 is 0 Å². The van der Waals surface area contributed by atoms with Crippen LogP contribution in [0.4, 0.5) is 0 Å². The minimum absolute atomic E-state index is 0.0653. The maximum absolute atomic E-state index is 12.4. The number of allylic oxidation sites excluding steroid dienone is 1. The largest absolute Gasteiger partial charge is 0.395 e. The number of pyridine rings is 1. The lowest BCUT2D eigenvalue weighted by Crippen LogP contribution is -2.31. The van der Waals surface area contributed by atoms with Gasteiger partial charge in [-0.2, -0.15) is 0 Å². The third-order valence-electron chi connectivity index (χ3n) is 3.35. The molecule has 114 valence electrons. The van der Waals surface area contributed by atoms with Crippen LogP contribution in [0.15, 0.2) is 60.9 Å². The monoisotopic (exact) mass is 296 g/mol. The van der Waals surface area contributed by atoms with Crippen LogP contribution in [0.25, 0.3) is 5.57 Å². The van der Waals surface area contributed by atoms with Crippen molar-refractivity contribution in [2.24, 2.45) is 0 Å². The van der Waals surface area contributed by atoms with Gasteiger partial charge in [0.15, 0.2) is 0 Å². The summed E-state index contributed by atoms with van der Waals surface area (Å²) >= 11 is 0. The number of benzene rings is 1. The molecule has 0 aliphatic heterocycles. The van der Waals surface area contributed by atoms with Gasteiger partial charge in [-0.3, -0.25) is 9.78 Å². The predicted molar refractivity (Wildman–Crippen MR) is 86.8 cm³/mol. The number of aliphatic hydroxyl groups is 1. The Labute approximate surface area is 130 Å². The fraction of sp³-hybridized carbons (Fsp3) is 0.222. The molecule has 0 radical (unpaired) electrons. The quantitative estimate of drug-likeness (QED) is 0.833. The first-order chi connectivity index (χ1) is 10.7. The van der Waals surface area contributed by atoms with Crippen LogP contribution in [0.1, 0.15) is 18.1 Å². The van der Waals surface area contributed by atoms with E-state index in [9.17, 15) is 9.90 Å². The molecular weight excluding hydrogens is 276 g/mol. The Balaban J connectivity index is 2.12. The lowest BCUT2D eigenvalue weighted by atomic mass is 10.1. The maximum atomic E-state index is 12.4. The molecule has 0 unspecified atom stereocenters. The molecule has 0 aliphatic carbocycles. The molecule has 0 saturated heterocycles. The van der Waals surface area contributed by atoms with Crippen LogP contribution < -0.4 is 0 Å². The van der Waals surface area contributed by atoms with E-state index in [0.717, 1.165) is 16.7 Å². The van der Waals surface area contributed by atoms with E-state index in [1.54, 1.807) is 23.4 Å². The van der Waals surface area contributed by atoms with Gasteiger partial charge in [0.05, 0.1) is 6.61 Å². The third kappa shape index (κ3) is 4.53. The van der Waals surface area contributed by atoms with Gasteiger partial charge in [-0.25, -0.2) is 0 Å². The number of hydrogen-bond donors (Lipinski definition) is 1. The standard InChI is InChI=1S/C18H20N2O2/c1-15(17-7-3-2-4-8-17)12-18(22)20(10-11-21)14-16-6-5-9-19-13-16/h2-9,12-13,21H,10-11,14H2,1H3/b15-12-. The molecule has 22 heavy (non-hydrogen) atoms. The lowest BCUT2D eigenvalue weighted by Gasteiger charge is -2.20. The lowest BCUT2D eigenvalue weighted by molar-refractivity contribution is -0.127. The van der Waals surface area contributed by atoms with E-state index in [1.807, 2.05) is 49.4 Å². The molecule has 1 heterocycles. The summed E-state index contributed by atoms with van der Waals surface area (Å²) in [6.45, 7) is 2.58. The minimum atomic E-state index is -0.112. The topological polar surface area (TPSA) is 53.4 Å². The van der Waals surface area contributed by atoms with Crippen LogP contribution in [-0.4, -0.2) is 34.0 Å². The van der Waals surface area contributed by atoms with E-state index >= 15 is 0 Å². The van der Waals surface area contributed by atoms with Crippen molar-refractivity contribution in [2.75, 3.05) is 13.2 Å². The normalized spacial score (nSPS) is 11.3. The van der Waals surface area contributed by atoms with Crippen LogP contribution in [0.2, 0.25) is 0 Å². The SMILES string of the molecule is C/C(=C/C(=O)N(CCO)Cc1cccnc1)c1ccccc1. The summed E-state index contributed by atoms with van der Waals surface area (Å²) in [5.41, 5.74) is 2.86. The molecule has 4 nitrogen and oxygen atoms in total. The Bertz CT molecular complexity index is 624. The van der Waals surface area contributed by atoms with E-state index in [0.29, 0.717) is 13.1 Å². The number of aliphatic hydroxyl groups excluding tert-OH is 1. The van der Waals surface area contributed by atoms with Gasteiger partial charge in [0.25, 0.3) is 0 Å². The van der Waals surface area contributed by atoms with Gasteiger partial charge in [-0.15, -0.1) is 0 Å². The fourth-order valence-corrected chi connectivity index (χ4v) is 2.16. The Hall–Kier alpha value is -2.46. The highest BCUT2D eigenvalue weighted by Gasteiger charge is 2.12. The predicted octanol–water partition coefficient (Wildman–Crippen LogP) is 2.51. The summed E-state index contributed by atoms with van der Waals surface area (Å²) < 4.78 is 0. The molecule has 0 fully saturated rings. The van der Waals surface area contributed by atoms with Crippen molar-refractivity contribution in [3.8, 4) is 0 Å². The molecule has 0 aliphatic rings. The molecule has 2 aromatic rings. The van der Waals surface area contributed by atoms with Gasteiger partial charge in [0.1, 0.15) is 0 Å². The Morgan fingerprint density at radius 2 is 2.00 bits per heavy atom. The summed E-state index contributed by atoms with van der Waals surface area (Å²) in [6, 6.07) is 13.5. The molecular formula is C18H20N2O2. The van der Waals surface area contributed by atoms with Crippen molar-refractivity contribution >= 4 is 11.5 Å². The van der Waals surface area contributed by atoms with Crippen molar-refractivity contribution < 1.29 is 9.90 Å². The molecule has 2 rings (SSSR count). The van der Waals surface area contributed by atoms with Crippen LogP contribution in [0.3, 0.4) is 0 Å².